The summed E-state index contributed by atoms with van der Waals surface area (Å²) in [7, 11) is 0. The molecule has 2 atom stereocenters. The molecule has 1 saturated carbocycles. The van der Waals surface area contributed by atoms with E-state index in [0.29, 0.717) is 12.0 Å². The van der Waals surface area contributed by atoms with Crippen LogP contribution in [0, 0.1) is 5.92 Å². The summed E-state index contributed by atoms with van der Waals surface area (Å²) in [5, 5.41) is 16.6. The average Bonchev–Trinajstić information content (AvgIpc) is 3.11. The molecule has 2 unspecified atom stereocenters. The Hall–Kier alpha value is -0.860. The Morgan fingerprint density at radius 2 is 1.88 bits per heavy atom. The highest BCUT2D eigenvalue weighted by Crippen LogP contribution is 2.34. The smallest absolute Gasteiger partial charge is 0.191 e. The zero-order valence-electron chi connectivity index (χ0n) is 15.6. The van der Waals surface area contributed by atoms with E-state index in [1.807, 2.05) is 6.07 Å². The van der Waals surface area contributed by atoms with Crippen molar-refractivity contribution in [1.29, 1.82) is 0 Å². The Labute approximate surface area is 174 Å². The molecule has 0 amide bonds. The number of ether oxygens (including phenoxy) is 1. The van der Waals surface area contributed by atoms with Crippen molar-refractivity contribution in [1.82, 2.24) is 10.6 Å². The molecular weight excluding hydrogens is 441 g/mol. The fraction of sp³-hybridized carbons (Fsp3) is 0.650. The van der Waals surface area contributed by atoms with Gasteiger partial charge in [0.15, 0.2) is 5.96 Å². The van der Waals surface area contributed by atoms with Crippen LogP contribution in [0.2, 0.25) is 0 Å². The lowest BCUT2D eigenvalue weighted by atomic mass is 9.93. The first-order valence-electron chi connectivity index (χ1n) is 9.65. The van der Waals surface area contributed by atoms with Crippen LogP contribution in [0.25, 0.3) is 0 Å². The lowest BCUT2D eigenvalue weighted by molar-refractivity contribution is 0.0925. The molecule has 3 N–H and O–H groups in total. The quantitative estimate of drug-likeness (QED) is 0.349. The molecule has 1 saturated heterocycles. The van der Waals surface area contributed by atoms with Crippen molar-refractivity contribution in [3.63, 3.8) is 0 Å². The first-order chi connectivity index (χ1) is 12.3. The van der Waals surface area contributed by atoms with Gasteiger partial charge in [-0.25, -0.2) is 0 Å². The van der Waals surface area contributed by atoms with Gasteiger partial charge in [0, 0.05) is 31.7 Å². The van der Waals surface area contributed by atoms with Crippen LogP contribution in [-0.4, -0.2) is 42.9 Å². The van der Waals surface area contributed by atoms with Gasteiger partial charge in [0.05, 0.1) is 12.2 Å². The fourth-order valence-electron chi connectivity index (χ4n) is 3.77. The molecule has 0 aromatic heterocycles. The van der Waals surface area contributed by atoms with Crippen molar-refractivity contribution in [3.8, 4) is 0 Å². The van der Waals surface area contributed by atoms with Gasteiger partial charge in [-0.15, -0.1) is 24.0 Å². The molecule has 2 fully saturated rings. The predicted molar refractivity (Wildman–Crippen MR) is 116 cm³/mol. The number of aliphatic hydroxyl groups excluding tert-OH is 1. The molecule has 1 heterocycles. The number of hydrogen-bond acceptors (Lipinski definition) is 3. The summed E-state index contributed by atoms with van der Waals surface area (Å²) in [5.74, 6) is 1.31. The van der Waals surface area contributed by atoms with Crippen molar-refractivity contribution in [2.75, 3.05) is 19.7 Å². The SMILES string of the molecule is CCNC(=NCC1CCOC1c1ccccc1)NC1CCC(O)CC1.I. The van der Waals surface area contributed by atoms with Gasteiger partial charge in [0.2, 0.25) is 0 Å². The van der Waals surface area contributed by atoms with Crippen LogP contribution >= 0.6 is 24.0 Å². The summed E-state index contributed by atoms with van der Waals surface area (Å²) < 4.78 is 5.97. The molecule has 5 nitrogen and oxygen atoms in total. The molecular formula is C20H32IN3O2. The van der Waals surface area contributed by atoms with Crippen LogP contribution in [-0.2, 0) is 4.74 Å². The van der Waals surface area contributed by atoms with Gasteiger partial charge in [0.1, 0.15) is 0 Å². The van der Waals surface area contributed by atoms with Crippen LogP contribution in [0.15, 0.2) is 35.3 Å². The molecule has 0 radical (unpaired) electrons. The summed E-state index contributed by atoms with van der Waals surface area (Å²) in [4.78, 5) is 4.84. The van der Waals surface area contributed by atoms with E-state index in [1.165, 1.54) is 5.56 Å². The number of halogens is 1. The summed E-state index contributed by atoms with van der Waals surface area (Å²) in [6.45, 7) is 4.52. The molecule has 3 rings (SSSR count). The highest BCUT2D eigenvalue weighted by Gasteiger charge is 2.29. The summed E-state index contributed by atoms with van der Waals surface area (Å²) in [6, 6.07) is 10.9. The van der Waals surface area contributed by atoms with Gasteiger partial charge in [-0.2, -0.15) is 0 Å². The molecule has 146 valence electrons. The number of rotatable bonds is 5. The molecule has 26 heavy (non-hydrogen) atoms. The number of nitrogens with zero attached hydrogens (tertiary/aromatic N) is 1. The second kappa shape index (κ2) is 11.1. The molecule has 0 bridgehead atoms. The van der Waals surface area contributed by atoms with Crippen molar-refractivity contribution in [2.45, 2.75) is 57.3 Å². The lowest BCUT2D eigenvalue weighted by Crippen LogP contribution is -2.45. The molecule has 1 aliphatic carbocycles. The second-order valence-corrected chi connectivity index (χ2v) is 7.12. The minimum atomic E-state index is -0.125. The van der Waals surface area contributed by atoms with Crippen molar-refractivity contribution >= 4 is 29.9 Å². The van der Waals surface area contributed by atoms with Crippen LogP contribution < -0.4 is 10.6 Å². The van der Waals surface area contributed by atoms with E-state index in [0.717, 1.165) is 57.8 Å². The second-order valence-electron chi connectivity index (χ2n) is 7.12. The molecule has 2 aliphatic rings. The van der Waals surface area contributed by atoms with Crippen molar-refractivity contribution < 1.29 is 9.84 Å². The van der Waals surface area contributed by atoms with Crippen molar-refractivity contribution in [2.24, 2.45) is 10.9 Å². The largest absolute Gasteiger partial charge is 0.393 e. The van der Waals surface area contributed by atoms with E-state index >= 15 is 0 Å². The first kappa shape index (κ1) is 21.4. The molecule has 1 aromatic carbocycles. The van der Waals surface area contributed by atoms with E-state index in [2.05, 4.69) is 41.8 Å². The maximum atomic E-state index is 9.66. The summed E-state index contributed by atoms with van der Waals surface area (Å²) in [6.07, 6.45) is 4.85. The third kappa shape index (κ3) is 6.09. The number of benzene rings is 1. The van der Waals surface area contributed by atoms with Crippen molar-refractivity contribution in [3.05, 3.63) is 35.9 Å². The molecule has 6 heteroatoms. The molecule has 0 spiro atoms. The van der Waals surface area contributed by atoms with Gasteiger partial charge in [-0.3, -0.25) is 4.99 Å². The van der Waals surface area contributed by atoms with Gasteiger partial charge in [-0.05, 0) is 44.6 Å². The first-order valence-corrected chi connectivity index (χ1v) is 9.65. The van der Waals surface area contributed by atoms with Gasteiger partial charge in [0.25, 0.3) is 0 Å². The number of hydrogen-bond donors (Lipinski definition) is 3. The zero-order valence-corrected chi connectivity index (χ0v) is 17.9. The lowest BCUT2D eigenvalue weighted by Gasteiger charge is -2.28. The third-order valence-electron chi connectivity index (χ3n) is 5.21. The summed E-state index contributed by atoms with van der Waals surface area (Å²) >= 11 is 0. The van der Waals surface area contributed by atoms with E-state index < -0.39 is 0 Å². The number of guanidine groups is 1. The Morgan fingerprint density at radius 3 is 2.58 bits per heavy atom. The molecule has 1 aromatic rings. The van der Waals surface area contributed by atoms with Gasteiger partial charge < -0.3 is 20.5 Å². The standard InChI is InChI=1S/C20H31N3O2.HI/c1-2-21-20(23-17-8-10-18(24)11-9-17)22-14-16-12-13-25-19(16)15-6-4-3-5-7-15;/h3-7,16-19,24H,2,8-14H2,1H3,(H2,21,22,23);1H. The maximum Gasteiger partial charge on any atom is 0.191 e. The zero-order chi connectivity index (χ0) is 17.5. The molecule has 1 aliphatic heterocycles. The van der Waals surface area contributed by atoms with E-state index in [9.17, 15) is 5.11 Å². The summed E-state index contributed by atoms with van der Waals surface area (Å²) in [5.41, 5.74) is 1.25. The Balaban J connectivity index is 0.00000243. The Bertz CT molecular complexity index is 547. The predicted octanol–water partition coefficient (Wildman–Crippen LogP) is 3.24. The van der Waals surface area contributed by atoms with E-state index in [1.54, 1.807) is 0 Å². The Kier molecular flexibility index (Phi) is 9.15. The van der Waals surface area contributed by atoms with Gasteiger partial charge >= 0.3 is 0 Å². The average molecular weight is 473 g/mol. The number of aliphatic hydroxyl groups is 1. The number of aliphatic imine (C=N–C) groups is 1. The van der Waals surface area contributed by atoms with Crippen LogP contribution in [0.3, 0.4) is 0 Å². The highest BCUT2D eigenvalue weighted by atomic mass is 127. The number of nitrogens with one attached hydrogen (secondary N) is 2. The van der Waals surface area contributed by atoms with E-state index in [4.69, 9.17) is 9.73 Å². The topological polar surface area (TPSA) is 65.9 Å². The highest BCUT2D eigenvalue weighted by molar-refractivity contribution is 14.0. The third-order valence-corrected chi connectivity index (χ3v) is 5.21. The minimum absolute atomic E-state index is 0. The minimum Gasteiger partial charge on any atom is -0.393 e. The van der Waals surface area contributed by atoms with Gasteiger partial charge in [-0.1, -0.05) is 30.3 Å². The Morgan fingerprint density at radius 1 is 1.15 bits per heavy atom. The van der Waals surface area contributed by atoms with Crippen LogP contribution in [0.5, 0.6) is 0 Å². The normalized spacial score (nSPS) is 29.1. The monoisotopic (exact) mass is 473 g/mol. The fourth-order valence-corrected chi connectivity index (χ4v) is 3.77. The van der Waals surface area contributed by atoms with E-state index in [-0.39, 0.29) is 36.2 Å². The van der Waals surface area contributed by atoms with Crippen LogP contribution in [0.1, 0.15) is 50.7 Å². The van der Waals surface area contributed by atoms with Crippen LogP contribution in [0.4, 0.5) is 0 Å². The maximum absolute atomic E-state index is 9.66.